The van der Waals surface area contributed by atoms with Gasteiger partial charge < -0.3 is 20.3 Å². The summed E-state index contributed by atoms with van der Waals surface area (Å²) in [5.74, 6) is 0. The smallest absolute Gasteiger partial charge is 0.407 e. The second kappa shape index (κ2) is 8.62. The van der Waals surface area contributed by atoms with Crippen molar-refractivity contribution in [2.75, 3.05) is 13.1 Å². The lowest BCUT2D eigenvalue weighted by Gasteiger charge is -2.38. The normalized spacial score (nSPS) is 18.8. The summed E-state index contributed by atoms with van der Waals surface area (Å²) in [4.78, 5) is 12.5. The Morgan fingerprint density at radius 2 is 2.12 bits per heavy atom. The van der Waals surface area contributed by atoms with Crippen LogP contribution in [0.3, 0.4) is 0 Å². The van der Waals surface area contributed by atoms with Crippen LogP contribution in [-0.2, 0) is 16.1 Å². The first-order chi connectivity index (χ1) is 12.2. The molecule has 1 aliphatic heterocycles. The molecular weight excluding hydrogens is 350 g/mol. The topological polar surface area (TPSA) is 90.6 Å². The Morgan fingerprint density at radius 3 is 2.69 bits per heavy atom. The van der Waals surface area contributed by atoms with Crippen LogP contribution in [0, 0.1) is 0 Å². The van der Waals surface area contributed by atoms with Crippen molar-refractivity contribution in [1.82, 2.24) is 9.62 Å². The van der Waals surface area contributed by atoms with Crippen LogP contribution in [0.25, 0.3) is 12.3 Å². The summed E-state index contributed by atoms with van der Waals surface area (Å²) in [6, 6.07) is 5.50. The maximum Gasteiger partial charge on any atom is 0.407 e. The molecule has 1 aromatic carbocycles. The maximum absolute atomic E-state index is 12.9. The third kappa shape index (κ3) is 5.27. The van der Waals surface area contributed by atoms with Gasteiger partial charge in [-0.2, -0.15) is 0 Å². The minimum Gasteiger partial charge on any atom is -0.593 e. The molecule has 1 unspecified atom stereocenters. The van der Waals surface area contributed by atoms with E-state index in [4.69, 9.17) is 10.5 Å². The van der Waals surface area contributed by atoms with E-state index in [-0.39, 0.29) is 6.04 Å². The van der Waals surface area contributed by atoms with E-state index >= 15 is 0 Å². The summed E-state index contributed by atoms with van der Waals surface area (Å²) >= 11 is -1.32. The number of allylic oxidation sites excluding steroid dienone is 2. The lowest BCUT2D eigenvalue weighted by Crippen LogP contribution is -2.61. The molecule has 1 fully saturated rings. The fraction of sp³-hybridized carbons (Fsp3) is 0.421. The number of nitrogens with two attached hydrogens (primary N) is 1. The summed E-state index contributed by atoms with van der Waals surface area (Å²) in [6.45, 7) is 8.39. The number of hydrogen-bond acceptors (Lipinski definition) is 5. The summed E-state index contributed by atoms with van der Waals surface area (Å²) in [7, 11) is 0. The van der Waals surface area contributed by atoms with Crippen LogP contribution in [-0.4, -0.2) is 39.7 Å². The number of rotatable bonds is 4. The fourth-order valence-corrected chi connectivity index (χ4v) is 3.99. The van der Waals surface area contributed by atoms with Crippen LogP contribution in [0.4, 0.5) is 4.79 Å². The first kappa shape index (κ1) is 20.4. The van der Waals surface area contributed by atoms with E-state index in [1.807, 2.05) is 68.4 Å². The third-order valence-corrected chi connectivity index (χ3v) is 5.23. The van der Waals surface area contributed by atoms with E-state index in [0.29, 0.717) is 18.0 Å². The van der Waals surface area contributed by atoms with Crippen LogP contribution in [0.2, 0.25) is 0 Å². The monoisotopic (exact) mass is 377 g/mol. The average Bonchev–Trinajstić information content (AvgIpc) is 2.53. The van der Waals surface area contributed by atoms with Gasteiger partial charge in [-0.05, 0) is 39.8 Å². The number of hydrogen-bond donors (Lipinski definition) is 2. The Morgan fingerprint density at radius 1 is 1.42 bits per heavy atom. The summed E-state index contributed by atoms with van der Waals surface area (Å²) in [6.07, 6.45) is 6.77. The molecule has 6 nitrogen and oxygen atoms in total. The zero-order chi connectivity index (χ0) is 19.3. The third-order valence-electron chi connectivity index (χ3n) is 3.73. The lowest BCUT2D eigenvalue weighted by molar-refractivity contribution is 0.0459. The molecule has 0 saturated carbocycles. The molecule has 0 radical (unpaired) electrons. The molecule has 1 aromatic rings. The molecule has 0 bridgehead atoms. The van der Waals surface area contributed by atoms with Gasteiger partial charge >= 0.3 is 6.09 Å². The lowest BCUT2D eigenvalue weighted by atomic mass is 10.2. The van der Waals surface area contributed by atoms with Crippen LogP contribution in [0.5, 0.6) is 0 Å². The van der Waals surface area contributed by atoms with Crippen LogP contribution >= 0.6 is 0 Å². The summed E-state index contributed by atoms with van der Waals surface area (Å²) < 4.78 is 20.0. The number of amides is 1. The number of alkyl carbamates (subject to hydrolysis) is 1. The van der Waals surface area contributed by atoms with Crippen molar-refractivity contribution >= 4 is 29.7 Å². The molecule has 26 heavy (non-hydrogen) atoms. The number of ether oxygens (including phenoxy) is 1. The van der Waals surface area contributed by atoms with E-state index in [1.165, 1.54) is 6.20 Å². The average molecular weight is 378 g/mol. The Hall–Kier alpha value is -1.96. The predicted octanol–water partition coefficient (Wildman–Crippen LogP) is 0.971. The molecule has 7 heteroatoms. The highest BCUT2D eigenvalue weighted by Gasteiger charge is 2.38. The van der Waals surface area contributed by atoms with E-state index in [9.17, 15) is 9.35 Å². The van der Waals surface area contributed by atoms with Gasteiger partial charge in [0.15, 0.2) is 4.90 Å². The fourth-order valence-electron chi connectivity index (χ4n) is 2.51. The first-order valence-corrected chi connectivity index (χ1v) is 9.66. The summed E-state index contributed by atoms with van der Waals surface area (Å²) in [5.41, 5.74) is 5.16. The molecule has 1 aliphatic rings. The highest BCUT2D eigenvalue weighted by molar-refractivity contribution is 7.89. The van der Waals surface area contributed by atoms with E-state index in [2.05, 4.69) is 5.32 Å². The number of benzene rings is 1. The van der Waals surface area contributed by atoms with E-state index in [1.54, 1.807) is 0 Å². The standard InChI is InChI=1S/C19H27N3O3S/c1-5-6-9-16-14(11-20)8-7-10-17(16)26(24)22-12-15(13-22)21-18(23)25-19(2,3)4/h5-11,15H,12-13,20H2,1-4H3,(H,21,23)/b6-5+,14-11-,16-9+. The van der Waals surface area contributed by atoms with Gasteiger partial charge in [0, 0.05) is 16.6 Å². The molecule has 1 atom stereocenters. The second-order valence-corrected chi connectivity index (χ2v) is 8.51. The van der Waals surface area contributed by atoms with Gasteiger partial charge in [0.05, 0.1) is 30.5 Å². The zero-order valence-corrected chi connectivity index (χ0v) is 16.5. The molecular formula is C19H27N3O3S. The molecule has 2 rings (SSSR count). The maximum atomic E-state index is 12.9. The van der Waals surface area contributed by atoms with Crippen LogP contribution < -0.4 is 21.5 Å². The van der Waals surface area contributed by atoms with Gasteiger partial charge in [-0.1, -0.05) is 24.3 Å². The van der Waals surface area contributed by atoms with Crippen molar-refractivity contribution < 1.29 is 14.1 Å². The minimum absolute atomic E-state index is 0.0685. The van der Waals surface area contributed by atoms with E-state index < -0.39 is 23.1 Å². The van der Waals surface area contributed by atoms with Gasteiger partial charge in [-0.3, -0.25) is 0 Å². The van der Waals surface area contributed by atoms with Crippen molar-refractivity contribution in [2.45, 2.75) is 44.2 Å². The Kier molecular flexibility index (Phi) is 6.75. The predicted molar refractivity (Wildman–Crippen MR) is 105 cm³/mol. The largest absolute Gasteiger partial charge is 0.593 e. The second-order valence-electron chi connectivity index (χ2n) is 7.06. The van der Waals surface area contributed by atoms with Crippen molar-refractivity contribution in [3.05, 3.63) is 40.8 Å². The molecule has 3 N–H and O–H groups in total. The number of carbonyl (C=O) groups is 1. The van der Waals surface area contributed by atoms with Crippen molar-refractivity contribution in [3.63, 3.8) is 0 Å². The Balaban J connectivity index is 2.07. The van der Waals surface area contributed by atoms with E-state index in [0.717, 1.165) is 10.4 Å². The van der Waals surface area contributed by atoms with Crippen LogP contribution in [0.1, 0.15) is 27.7 Å². The summed E-state index contributed by atoms with van der Waals surface area (Å²) in [5, 5.41) is 4.47. The SMILES string of the molecule is C/C=C/C=c1/c([S+]([O-])N2CC(NC(=O)OC(C)(C)C)C2)ccc/c1=C/N. The Labute approximate surface area is 157 Å². The van der Waals surface area contributed by atoms with Gasteiger partial charge in [0.2, 0.25) is 0 Å². The first-order valence-electron chi connectivity index (χ1n) is 8.55. The van der Waals surface area contributed by atoms with Gasteiger partial charge in [0.1, 0.15) is 5.60 Å². The van der Waals surface area contributed by atoms with Gasteiger partial charge in [-0.15, -0.1) is 4.31 Å². The van der Waals surface area contributed by atoms with Gasteiger partial charge in [0.25, 0.3) is 0 Å². The zero-order valence-electron chi connectivity index (χ0n) is 15.7. The molecule has 0 aromatic heterocycles. The molecule has 1 heterocycles. The number of carbonyl (C=O) groups excluding carboxylic acids is 1. The van der Waals surface area contributed by atoms with Gasteiger partial charge in [-0.25, -0.2) is 4.79 Å². The van der Waals surface area contributed by atoms with Crippen molar-refractivity contribution in [1.29, 1.82) is 0 Å². The molecule has 0 spiro atoms. The molecule has 0 aliphatic carbocycles. The quantitative estimate of drug-likeness (QED) is 0.763. The molecule has 1 saturated heterocycles. The number of nitrogens with one attached hydrogen (secondary N) is 1. The van der Waals surface area contributed by atoms with Crippen LogP contribution in [0.15, 0.2) is 35.2 Å². The minimum atomic E-state index is -1.32. The highest BCUT2D eigenvalue weighted by Crippen LogP contribution is 2.19. The molecule has 142 valence electrons. The number of nitrogens with zero attached hydrogens (tertiary/aromatic N) is 1. The van der Waals surface area contributed by atoms with Crippen molar-refractivity contribution in [2.24, 2.45) is 5.73 Å². The molecule has 1 amide bonds. The Bertz CT molecular complexity index is 780. The highest BCUT2D eigenvalue weighted by atomic mass is 32.2. The van der Waals surface area contributed by atoms with Crippen molar-refractivity contribution in [3.8, 4) is 0 Å².